The Hall–Kier alpha value is -1.62. The molecule has 2 saturated carbocycles. The molecule has 2 heterocycles. The number of carbonyl (C=O) groups is 2. The highest BCUT2D eigenvalue weighted by Gasteiger charge is 2.73. The van der Waals surface area contributed by atoms with Gasteiger partial charge in [-0.15, -0.1) is 0 Å². The highest BCUT2D eigenvalue weighted by atomic mass is 16.6. The molecule has 1 aromatic heterocycles. The van der Waals surface area contributed by atoms with Crippen LogP contribution in [0.25, 0.3) is 0 Å². The van der Waals surface area contributed by atoms with Crippen LogP contribution in [0.15, 0.2) is 23.0 Å². The van der Waals surface area contributed by atoms with Crippen molar-refractivity contribution in [3.63, 3.8) is 0 Å². The Balaban J connectivity index is 1.74. The molecule has 2 aliphatic carbocycles. The Kier molecular flexibility index (Phi) is 3.50. The summed E-state index contributed by atoms with van der Waals surface area (Å²) in [6.45, 7) is 5.82. The summed E-state index contributed by atoms with van der Waals surface area (Å²) in [5, 5.41) is 11.8. The minimum absolute atomic E-state index is 0.00555. The summed E-state index contributed by atoms with van der Waals surface area (Å²) in [5.41, 5.74) is -1.52. The molecule has 25 heavy (non-hydrogen) atoms. The van der Waals surface area contributed by atoms with Crippen LogP contribution in [0.1, 0.15) is 52.0 Å². The highest BCUT2D eigenvalue weighted by molar-refractivity contribution is 6.06. The van der Waals surface area contributed by atoms with Gasteiger partial charge in [-0.3, -0.25) is 9.59 Å². The van der Waals surface area contributed by atoms with Crippen LogP contribution in [-0.4, -0.2) is 28.6 Å². The first-order chi connectivity index (χ1) is 11.7. The van der Waals surface area contributed by atoms with E-state index in [0.29, 0.717) is 32.1 Å². The zero-order valence-electron chi connectivity index (χ0n) is 15.1. The molecular formula is C20H26O5. The minimum Gasteiger partial charge on any atom is -0.472 e. The van der Waals surface area contributed by atoms with Crippen molar-refractivity contribution < 1.29 is 23.8 Å². The van der Waals surface area contributed by atoms with Crippen LogP contribution in [0.3, 0.4) is 0 Å². The predicted octanol–water partition coefficient (Wildman–Crippen LogP) is 2.90. The van der Waals surface area contributed by atoms with Crippen molar-refractivity contribution >= 4 is 11.8 Å². The number of carbonyl (C=O) groups excluding carboxylic acids is 2. The van der Waals surface area contributed by atoms with Gasteiger partial charge in [-0.05, 0) is 50.2 Å². The molecule has 0 aromatic carbocycles. The predicted molar refractivity (Wildman–Crippen MR) is 89.6 cm³/mol. The lowest BCUT2D eigenvalue weighted by molar-refractivity contribution is -0.215. The van der Waals surface area contributed by atoms with Gasteiger partial charge in [0.1, 0.15) is 17.3 Å². The molecule has 1 saturated heterocycles. The molecule has 3 fully saturated rings. The molecule has 0 amide bonds. The average molecular weight is 346 g/mol. The number of hydrogen-bond donors (Lipinski definition) is 1. The molecule has 2 unspecified atom stereocenters. The highest BCUT2D eigenvalue weighted by Crippen LogP contribution is 2.66. The third-order valence-corrected chi connectivity index (χ3v) is 7.58. The van der Waals surface area contributed by atoms with Gasteiger partial charge >= 0.3 is 5.97 Å². The number of Topliss-reactive ketones (excluding diaryl/α,β-unsaturated/α-hetero) is 1. The maximum atomic E-state index is 12.6. The summed E-state index contributed by atoms with van der Waals surface area (Å²) >= 11 is 0. The van der Waals surface area contributed by atoms with E-state index < -0.39 is 22.4 Å². The number of esters is 1. The van der Waals surface area contributed by atoms with E-state index in [4.69, 9.17) is 9.15 Å². The fourth-order valence-corrected chi connectivity index (χ4v) is 6.03. The summed E-state index contributed by atoms with van der Waals surface area (Å²) in [4.78, 5) is 25.2. The van der Waals surface area contributed by atoms with Crippen molar-refractivity contribution in [2.24, 2.45) is 22.7 Å². The summed E-state index contributed by atoms with van der Waals surface area (Å²) in [7, 11) is 0. The van der Waals surface area contributed by atoms with Gasteiger partial charge in [0.15, 0.2) is 0 Å². The van der Waals surface area contributed by atoms with Crippen LogP contribution in [0.5, 0.6) is 0 Å². The van der Waals surface area contributed by atoms with Crippen LogP contribution in [0.4, 0.5) is 0 Å². The molecular weight excluding hydrogens is 320 g/mol. The molecule has 1 N–H and O–H groups in total. The van der Waals surface area contributed by atoms with Crippen molar-refractivity contribution in [2.45, 2.75) is 64.6 Å². The maximum absolute atomic E-state index is 12.6. The molecule has 3 aliphatic rings. The van der Waals surface area contributed by atoms with Crippen molar-refractivity contribution in [3.05, 3.63) is 24.2 Å². The second-order valence-corrected chi connectivity index (χ2v) is 8.66. The van der Waals surface area contributed by atoms with Gasteiger partial charge in [0.05, 0.1) is 18.1 Å². The van der Waals surface area contributed by atoms with Crippen LogP contribution >= 0.6 is 0 Å². The molecule has 6 atom stereocenters. The summed E-state index contributed by atoms with van der Waals surface area (Å²) in [6, 6.07) is 1.92. The molecule has 4 rings (SSSR count). The normalized spacial score (nSPS) is 46.0. The summed E-state index contributed by atoms with van der Waals surface area (Å²) in [6.07, 6.45) is 5.92. The average Bonchev–Trinajstić information content (AvgIpc) is 3.16. The van der Waals surface area contributed by atoms with Gasteiger partial charge < -0.3 is 14.3 Å². The number of furan rings is 1. The van der Waals surface area contributed by atoms with Crippen LogP contribution in [0.2, 0.25) is 0 Å². The van der Waals surface area contributed by atoms with E-state index in [-0.39, 0.29) is 23.7 Å². The molecule has 0 spiro atoms. The first kappa shape index (κ1) is 16.8. The van der Waals surface area contributed by atoms with Gasteiger partial charge in [-0.1, -0.05) is 13.8 Å². The summed E-state index contributed by atoms with van der Waals surface area (Å²) < 4.78 is 10.8. The zero-order chi connectivity index (χ0) is 18.0. The third-order valence-electron chi connectivity index (χ3n) is 7.58. The molecule has 5 nitrogen and oxygen atoms in total. The van der Waals surface area contributed by atoms with E-state index >= 15 is 0 Å². The largest absolute Gasteiger partial charge is 0.472 e. The minimum atomic E-state index is -1.11. The monoisotopic (exact) mass is 346 g/mol. The Morgan fingerprint density at radius 1 is 1.32 bits per heavy atom. The first-order valence-electron chi connectivity index (χ1n) is 9.21. The van der Waals surface area contributed by atoms with Crippen LogP contribution in [0, 0.1) is 22.7 Å². The molecule has 1 aliphatic heterocycles. The van der Waals surface area contributed by atoms with E-state index in [1.54, 1.807) is 19.5 Å². The standard InChI is InChI=1S/C20H26O5/c1-12-10-14-16-18(2,7-5-15(21)19(16,3)17(22)25-14)20(12,23)8-4-13-6-9-24-11-13/h6,9,11-12,14,16,23H,4-5,7-8,10H2,1-3H3/t12-,14?,16?,18-,19-,20-/m0/s1. The number of rotatable bonds is 3. The topological polar surface area (TPSA) is 76.7 Å². The lowest BCUT2D eigenvalue weighted by Crippen LogP contribution is -2.66. The smallest absolute Gasteiger partial charge is 0.320 e. The molecule has 0 radical (unpaired) electrons. The molecule has 1 aromatic rings. The van der Waals surface area contributed by atoms with Crippen LogP contribution < -0.4 is 0 Å². The van der Waals surface area contributed by atoms with Gasteiger partial charge in [0.25, 0.3) is 0 Å². The SMILES string of the molecule is C[C@H]1CC2OC(=O)[C@@]3(C)C(=O)CC[C@@](C)(C23)[C@]1(O)CCc1ccoc1. The van der Waals surface area contributed by atoms with Gasteiger partial charge in [-0.25, -0.2) is 0 Å². The second kappa shape index (κ2) is 5.19. The zero-order valence-corrected chi connectivity index (χ0v) is 15.1. The number of hydrogen-bond acceptors (Lipinski definition) is 5. The lowest BCUT2D eigenvalue weighted by atomic mass is 9.43. The van der Waals surface area contributed by atoms with Crippen LogP contribution in [-0.2, 0) is 20.7 Å². The maximum Gasteiger partial charge on any atom is 0.320 e. The van der Waals surface area contributed by atoms with Gasteiger partial charge in [0.2, 0.25) is 0 Å². The number of aryl methyl sites for hydroxylation is 1. The molecule has 136 valence electrons. The van der Waals surface area contributed by atoms with Crippen molar-refractivity contribution in [3.8, 4) is 0 Å². The van der Waals surface area contributed by atoms with Crippen molar-refractivity contribution in [1.29, 1.82) is 0 Å². The molecule has 0 bridgehead atoms. The fraction of sp³-hybridized carbons (Fsp3) is 0.700. The van der Waals surface area contributed by atoms with E-state index in [2.05, 4.69) is 6.92 Å². The Morgan fingerprint density at radius 3 is 2.76 bits per heavy atom. The molecule has 5 heteroatoms. The first-order valence-corrected chi connectivity index (χ1v) is 9.21. The lowest BCUT2D eigenvalue weighted by Gasteiger charge is -2.60. The fourth-order valence-electron chi connectivity index (χ4n) is 6.03. The van der Waals surface area contributed by atoms with Crippen molar-refractivity contribution in [1.82, 2.24) is 0 Å². The Bertz CT molecular complexity index is 710. The second-order valence-electron chi connectivity index (χ2n) is 8.66. The summed E-state index contributed by atoms with van der Waals surface area (Å²) in [5.74, 6) is -0.688. The number of ether oxygens (including phenoxy) is 1. The van der Waals surface area contributed by atoms with E-state index in [9.17, 15) is 14.7 Å². The number of ketones is 1. The quantitative estimate of drug-likeness (QED) is 0.673. The van der Waals surface area contributed by atoms with E-state index in [1.807, 2.05) is 13.0 Å². The third kappa shape index (κ3) is 1.99. The van der Waals surface area contributed by atoms with E-state index in [0.717, 1.165) is 5.56 Å². The number of aliphatic hydroxyl groups is 1. The Labute approximate surface area is 147 Å². The van der Waals surface area contributed by atoms with Crippen molar-refractivity contribution in [2.75, 3.05) is 0 Å². The Morgan fingerprint density at radius 2 is 2.08 bits per heavy atom. The van der Waals surface area contributed by atoms with Gasteiger partial charge in [0, 0.05) is 17.8 Å². The van der Waals surface area contributed by atoms with E-state index in [1.165, 1.54) is 0 Å². The van der Waals surface area contributed by atoms with Gasteiger partial charge in [-0.2, -0.15) is 0 Å².